The molecule has 1 heterocycles. The molecule has 1 aromatic heterocycles. The number of hydrogen-bond donors (Lipinski definition) is 2. The molecule has 1 aromatic rings. The van der Waals surface area contributed by atoms with Crippen LogP contribution in [0.4, 0.5) is 0 Å². The molecule has 0 aliphatic heterocycles. The third-order valence-corrected chi connectivity index (χ3v) is 2.61. The molecule has 0 fully saturated rings. The molecule has 1 unspecified atom stereocenters. The van der Waals surface area contributed by atoms with Gasteiger partial charge in [-0.15, -0.1) is 0 Å². The third kappa shape index (κ3) is 6.02. The maximum absolute atomic E-state index is 11.5. The van der Waals surface area contributed by atoms with Gasteiger partial charge in [0.2, 0.25) is 5.91 Å². The summed E-state index contributed by atoms with van der Waals surface area (Å²) in [4.78, 5) is 15.7. The lowest BCUT2D eigenvalue weighted by Gasteiger charge is -2.09. The molecule has 4 heteroatoms. The van der Waals surface area contributed by atoms with Crippen LogP contribution in [-0.2, 0) is 11.2 Å². The quantitative estimate of drug-likeness (QED) is 0.744. The Balaban J connectivity index is 2.12. The van der Waals surface area contributed by atoms with Gasteiger partial charge in [-0.3, -0.25) is 9.78 Å². The lowest BCUT2D eigenvalue weighted by Crippen LogP contribution is -2.31. The second-order valence-electron chi connectivity index (χ2n) is 4.32. The Kier molecular flexibility index (Phi) is 6.25. The highest BCUT2D eigenvalue weighted by atomic mass is 16.1. The van der Waals surface area contributed by atoms with Gasteiger partial charge in [-0.05, 0) is 37.4 Å². The number of amides is 1. The Hall–Kier alpha value is -1.42. The normalized spacial score (nSPS) is 12.1. The SMILES string of the molecule is CC(CN)CNC(=O)CCCc1ccccn1. The molecule has 3 N–H and O–H groups in total. The van der Waals surface area contributed by atoms with E-state index in [1.54, 1.807) is 6.20 Å². The van der Waals surface area contributed by atoms with Crippen LogP contribution in [-0.4, -0.2) is 24.0 Å². The number of aromatic nitrogens is 1. The maximum atomic E-state index is 11.5. The first kappa shape index (κ1) is 13.6. The Morgan fingerprint density at radius 1 is 1.53 bits per heavy atom. The molecule has 17 heavy (non-hydrogen) atoms. The molecule has 94 valence electrons. The van der Waals surface area contributed by atoms with E-state index in [1.807, 2.05) is 25.1 Å². The topological polar surface area (TPSA) is 68.0 Å². The largest absolute Gasteiger partial charge is 0.356 e. The number of hydrogen-bond acceptors (Lipinski definition) is 3. The highest BCUT2D eigenvalue weighted by molar-refractivity contribution is 5.75. The molecule has 0 aliphatic carbocycles. The predicted molar refractivity (Wildman–Crippen MR) is 68.4 cm³/mol. The van der Waals surface area contributed by atoms with Crippen molar-refractivity contribution in [3.63, 3.8) is 0 Å². The van der Waals surface area contributed by atoms with E-state index in [4.69, 9.17) is 5.73 Å². The standard InChI is InChI=1S/C13H21N3O/c1-11(9-14)10-16-13(17)7-4-6-12-5-2-3-8-15-12/h2-3,5,8,11H,4,6-7,9-10,14H2,1H3,(H,16,17). The molecule has 0 bridgehead atoms. The number of rotatable bonds is 7. The van der Waals surface area contributed by atoms with E-state index in [9.17, 15) is 4.79 Å². The van der Waals surface area contributed by atoms with E-state index >= 15 is 0 Å². The Morgan fingerprint density at radius 2 is 2.35 bits per heavy atom. The van der Waals surface area contributed by atoms with Gasteiger partial charge in [0.25, 0.3) is 0 Å². The van der Waals surface area contributed by atoms with Crippen LogP contribution in [0.25, 0.3) is 0 Å². The maximum Gasteiger partial charge on any atom is 0.220 e. The van der Waals surface area contributed by atoms with Gasteiger partial charge in [0.1, 0.15) is 0 Å². The number of aryl methyl sites for hydroxylation is 1. The molecule has 0 aromatic carbocycles. The number of nitrogens with two attached hydrogens (primary N) is 1. The Bertz CT molecular complexity index is 327. The fraction of sp³-hybridized carbons (Fsp3) is 0.538. The summed E-state index contributed by atoms with van der Waals surface area (Å²) in [6.07, 6.45) is 4.01. The van der Waals surface area contributed by atoms with Crippen LogP contribution in [0.5, 0.6) is 0 Å². The fourth-order valence-electron chi connectivity index (χ4n) is 1.44. The van der Waals surface area contributed by atoms with Crippen LogP contribution >= 0.6 is 0 Å². The van der Waals surface area contributed by atoms with E-state index < -0.39 is 0 Å². The van der Waals surface area contributed by atoms with E-state index in [0.29, 0.717) is 25.4 Å². The molecule has 0 aliphatic rings. The van der Waals surface area contributed by atoms with E-state index in [-0.39, 0.29) is 5.91 Å². The number of carbonyl (C=O) groups excluding carboxylic acids is 1. The van der Waals surface area contributed by atoms with Gasteiger partial charge >= 0.3 is 0 Å². The number of pyridine rings is 1. The van der Waals surface area contributed by atoms with Crippen LogP contribution in [0.3, 0.4) is 0 Å². The van der Waals surface area contributed by atoms with Crippen molar-refractivity contribution in [2.75, 3.05) is 13.1 Å². The van der Waals surface area contributed by atoms with Crippen LogP contribution < -0.4 is 11.1 Å². The van der Waals surface area contributed by atoms with E-state index in [2.05, 4.69) is 10.3 Å². The number of nitrogens with one attached hydrogen (secondary N) is 1. The number of carbonyl (C=O) groups is 1. The Labute approximate surface area is 103 Å². The van der Waals surface area contributed by atoms with Crippen molar-refractivity contribution in [1.82, 2.24) is 10.3 Å². The summed E-state index contributed by atoms with van der Waals surface area (Å²) in [5.41, 5.74) is 6.51. The zero-order valence-electron chi connectivity index (χ0n) is 10.4. The minimum Gasteiger partial charge on any atom is -0.356 e. The van der Waals surface area contributed by atoms with Gasteiger partial charge in [-0.2, -0.15) is 0 Å². The van der Waals surface area contributed by atoms with Crippen LogP contribution in [0, 0.1) is 5.92 Å². The van der Waals surface area contributed by atoms with Gasteiger partial charge in [-0.1, -0.05) is 13.0 Å². The molecule has 4 nitrogen and oxygen atoms in total. The molecule has 0 saturated carbocycles. The van der Waals surface area contributed by atoms with Crippen LogP contribution in [0.2, 0.25) is 0 Å². The molecule has 0 radical (unpaired) electrons. The number of nitrogens with zero attached hydrogens (tertiary/aromatic N) is 1. The van der Waals surface area contributed by atoms with Crippen LogP contribution in [0.1, 0.15) is 25.5 Å². The third-order valence-electron chi connectivity index (χ3n) is 2.61. The van der Waals surface area contributed by atoms with Gasteiger partial charge in [0, 0.05) is 24.9 Å². The second kappa shape index (κ2) is 7.79. The summed E-state index contributed by atoms with van der Waals surface area (Å²) in [5, 5.41) is 2.88. The van der Waals surface area contributed by atoms with Crippen LogP contribution in [0.15, 0.2) is 24.4 Å². The first-order valence-corrected chi connectivity index (χ1v) is 6.09. The van der Waals surface area contributed by atoms with Crippen molar-refractivity contribution in [1.29, 1.82) is 0 Å². The monoisotopic (exact) mass is 235 g/mol. The lowest BCUT2D eigenvalue weighted by atomic mass is 10.1. The zero-order chi connectivity index (χ0) is 12.5. The molecule has 0 saturated heterocycles. The lowest BCUT2D eigenvalue weighted by molar-refractivity contribution is -0.121. The summed E-state index contributed by atoms with van der Waals surface area (Å²) in [6.45, 7) is 3.29. The predicted octanol–water partition coefficient (Wildman–Crippen LogP) is 1.12. The van der Waals surface area contributed by atoms with Crippen molar-refractivity contribution in [3.8, 4) is 0 Å². The highest BCUT2D eigenvalue weighted by Gasteiger charge is 2.04. The molecule has 1 rings (SSSR count). The summed E-state index contributed by atoms with van der Waals surface area (Å²) in [5.74, 6) is 0.441. The summed E-state index contributed by atoms with van der Waals surface area (Å²) < 4.78 is 0. The Morgan fingerprint density at radius 3 is 3.00 bits per heavy atom. The molecule has 0 spiro atoms. The summed E-state index contributed by atoms with van der Waals surface area (Å²) in [6, 6.07) is 5.84. The van der Waals surface area contributed by atoms with Crippen molar-refractivity contribution in [3.05, 3.63) is 30.1 Å². The van der Waals surface area contributed by atoms with Crippen molar-refractivity contribution < 1.29 is 4.79 Å². The van der Waals surface area contributed by atoms with Crippen molar-refractivity contribution in [2.45, 2.75) is 26.2 Å². The smallest absolute Gasteiger partial charge is 0.220 e. The van der Waals surface area contributed by atoms with Crippen molar-refractivity contribution in [2.24, 2.45) is 11.7 Å². The second-order valence-corrected chi connectivity index (χ2v) is 4.32. The molecular formula is C13H21N3O. The molecule has 1 amide bonds. The van der Waals surface area contributed by atoms with Gasteiger partial charge in [0.05, 0.1) is 0 Å². The minimum atomic E-state index is 0.0984. The fourth-order valence-corrected chi connectivity index (χ4v) is 1.44. The molecular weight excluding hydrogens is 214 g/mol. The van der Waals surface area contributed by atoms with E-state index in [0.717, 1.165) is 18.5 Å². The van der Waals surface area contributed by atoms with Gasteiger partial charge < -0.3 is 11.1 Å². The average molecular weight is 235 g/mol. The molecule has 1 atom stereocenters. The first-order chi connectivity index (χ1) is 8.22. The summed E-state index contributed by atoms with van der Waals surface area (Å²) >= 11 is 0. The summed E-state index contributed by atoms with van der Waals surface area (Å²) in [7, 11) is 0. The van der Waals surface area contributed by atoms with Crippen molar-refractivity contribution >= 4 is 5.91 Å². The van der Waals surface area contributed by atoms with Gasteiger partial charge in [0.15, 0.2) is 0 Å². The van der Waals surface area contributed by atoms with E-state index in [1.165, 1.54) is 0 Å². The first-order valence-electron chi connectivity index (χ1n) is 6.09. The zero-order valence-corrected chi connectivity index (χ0v) is 10.4. The van der Waals surface area contributed by atoms with Gasteiger partial charge in [-0.25, -0.2) is 0 Å². The highest BCUT2D eigenvalue weighted by Crippen LogP contribution is 2.01. The average Bonchev–Trinajstić information content (AvgIpc) is 2.37. The minimum absolute atomic E-state index is 0.0984.